The third kappa shape index (κ3) is 3.85. The zero-order valence-electron chi connectivity index (χ0n) is 14.2. The molecular formula is C17H31N3O. The van der Waals surface area contributed by atoms with Gasteiger partial charge in [0.2, 0.25) is 0 Å². The number of hydrogen-bond donors (Lipinski definition) is 1. The van der Waals surface area contributed by atoms with Crippen LogP contribution in [0.4, 0.5) is 0 Å². The highest BCUT2D eigenvalue weighted by atomic mass is 16.3. The molecule has 3 unspecified atom stereocenters. The van der Waals surface area contributed by atoms with E-state index in [1.54, 1.807) is 6.33 Å². The molecule has 1 aliphatic carbocycles. The molecule has 1 aromatic rings. The van der Waals surface area contributed by atoms with Gasteiger partial charge in [-0.3, -0.25) is 0 Å². The number of rotatable bonds is 5. The molecule has 0 aromatic carbocycles. The second-order valence-corrected chi connectivity index (χ2v) is 7.77. The van der Waals surface area contributed by atoms with E-state index in [2.05, 4.69) is 44.7 Å². The van der Waals surface area contributed by atoms with Crippen LogP contribution in [-0.4, -0.2) is 25.5 Å². The predicted molar refractivity (Wildman–Crippen MR) is 84.9 cm³/mol. The van der Waals surface area contributed by atoms with Gasteiger partial charge in [0, 0.05) is 13.0 Å². The lowest BCUT2D eigenvalue weighted by molar-refractivity contribution is -0.0813. The first kappa shape index (κ1) is 16.5. The molecule has 1 aromatic heterocycles. The van der Waals surface area contributed by atoms with Gasteiger partial charge in [-0.1, -0.05) is 41.0 Å². The van der Waals surface area contributed by atoms with Crippen molar-refractivity contribution < 1.29 is 5.11 Å². The maximum absolute atomic E-state index is 11.3. The van der Waals surface area contributed by atoms with E-state index in [0.717, 1.165) is 25.2 Å². The van der Waals surface area contributed by atoms with Crippen LogP contribution >= 0.6 is 0 Å². The van der Waals surface area contributed by atoms with Crippen molar-refractivity contribution in [2.45, 2.75) is 72.4 Å². The van der Waals surface area contributed by atoms with Crippen LogP contribution in [0.25, 0.3) is 0 Å². The molecule has 0 radical (unpaired) electrons. The summed E-state index contributed by atoms with van der Waals surface area (Å²) in [4.78, 5) is 4.42. The Labute approximate surface area is 129 Å². The van der Waals surface area contributed by atoms with E-state index in [0.29, 0.717) is 30.1 Å². The summed E-state index contributed by atoms with van der Waals surface area (Å²) in [5.41, 5.74) is -0.631. The molecule has 2 rings (SSSR count). The quantitative estimate of drug-likeness (QED) is 0.906. The summed E-state index contributed by atoms with van der Waals surface area (Å²) in [6.07, 6.45) is 5.48. The number of aliphatic hydroxyl groups is 1. The lowest BCUT2D eigenvalue weighted by atomic mass is 9.65. The summed E-state index contributed by atoms with van der Waals surface area (Å²) >= 11 is 0. The monoisotopic (exact) mass is 293 g/mol. The Balaban J connectivity index is 2.20. The van der Waals surface area contributed by atoms with Crippen molar-refractivity contribution in [3.8, 4) is 0 Å². The largest absolute Gasteiger partial charge is 0.389 e. The number of nitrogens with zero attached hydrogens (tertiary/aromatic N) is 3. The van der Waals surface area contributed by atoms with E-state index >= 15 is 0 Å². The Morgan fingerprint density at radius 3 is 2.67 bits per heavy atom. The first-order chi connectivity index (χ1) is 9.82. The van der Waals surface area contributed by atoms with Crippen molar-refractivity contribution in [3.05, 3.63) is 12.2 Å². The van der Waals surface area contributed by atoms with Crippen LogP contribution in [0.3, 0.4) is 0 Å². The summed E-state index contributed by atoms with van der Waals surface area (Å²) in [6.45, 7) is 11.9. The number of hydrogen-bond acceptors (Lipinski definition) is 3. The highest BCUT2D eigenvalue weighted by Gasteiger charge is 2.43. The van der Waals surface area contributed by atoms with Gasteiger partial charge in [0.1, 0.15) is 12.2 Å². The van der Waals surface area contributed by atoms with E-state index in [1.165, 1.54) is 6.42 Å². The summed E-state index contributed by atoms with van der Waals surface area (Å²) in [7, 11) is 0. The standard InChI is InChI=1S/C17H31N3O/c1-12(2)10-20-16(18-11-19-20)9-17(21)8-14(5)6-7-15(17)13(3)4/h11-15,21H,6-10H2,1-5H3. The minimum absolute atomic E-state index is 0.359. The van der Waals surface area contributed by atoms with Gasteiger partial charge in [0.25, 0.3) is 0 Å². The van der Waals surface area contributed by atoms with Crippen LogP contribution in [0.2, 0.25) is 0 Å². The average molecular weight is 293 g/mol. The van der Waals surface area contributed by atoms with Crippen LogP contribution < -0.4 is 0 Å². The predicted octanol–water partition coefficient (Wildman–Crippen LogP) is 3.30. The minimum Gasteiger partial charge on any atom is -0.389 e. The first-order valence-electron chi connectivity index (χ1n) is 8.41. The van der Waals surface area contributed by atoms with Crippen LogP contribution in [0.5, 0.6) is 0 Å². The molecule has 1 aliphatic rings. The molecule has 4 heteroatoms. The molecule has 0 aliphatic heterocycles. The van der Waals surface area contributed by atoms with Crippen molar-refractivity contribution in [3.63, 3.8) is 0 Å². The highest BCUT2D eigenvalue weighted by molar-refractivity contribution is 5.01. The molecule has 21 heavy (non-hydrogen) atoms. The summed E-state index contributed by atoms with van der Waals surface area (Å²) < 4.78 is 1.97. The Hall–Kier alpha value is -0.900. The second kappa shape index (κ2) is 6.47. The van der Waals surface area contributed by atoms with Crippen LogP contribution in [0, 0.1) is 23.7 Å². The van der Waals surface area contributed by atoms with Gasteiger partial charge in [-0.2, -0.15) is 5.10 Å². The van der Waals surface area contributed by atoms with Gasteiger partial charge >= 0.3 is 0 Å². The van der Waals surface area contributed by atoms with Crippen molar-refractivity contribution in [2.75, 3.05) is 0 Å². The Morgan fingerprint density at radius 2 is 2.05 bits per heavy atom. The van der Waals surface area contributed by atoms with Gasteiger partial charge in [-0.25, -0.2) is 9.67 Å². The molecule has 3 atom stereocenters. The minimum atomic E-state index is -0.631. The fourth-order valence-electron chi connectivity index (χ4n) is 3.94. The lowest BCUT2D eigenvalue weighted by Crippen LogP contribution is -2.47. The molecule has 1 heterocycles. The molecule has 0 amide bonds. The molecule has 1 N–H and O–H groups in total. The first-order valence-corrected chi connectivity index (χ1v) is 8.41. The smallest absolute Gasteiger partial charge is 0.138 e. The van der Waals surface area contributed by atoms with Gasteiger partial charge < -0.3 is 5.11 Å². The van der Waals surface area contributed by atoms with Gasteiger partial charge in [-0.15, -0.1) is 0 Å². The van der Waals surface area contributed by atoms with Crippen LogP contribution in [0.1, 0.15) is 59.7 Å². The molecule has 1 saturated carbocycles. The third-order valence-corrected chi connectivity index (χ3v) is 4.87. The zero-order valence-corrected chi connectivity index (χ0v) is 14.2. The van der Waals surface area contributed by atoms with Gasteiger partial charge in [0.05, 0.1) is 5.60 Å². The molecule has 0 bridgehead atoms. The van der Waals surface area contributed by atoms with Gasteiger partial charge in [-0.05, 0) is 36.5 Å². The topological polar surface area (TPSA) is 50.9 Å². The Morgan fingerprint density at radius 1 is 1.33 bits per heavy atom. The van der Waals surface area contributed by atoms with E-state index < -0.39 is 5.60 Å². The summed E-state index contributed by atoms with van der Waals surface area (Å²) in [5, 5.41) is 15.7. The van der Waals surface area contributed by atoms with Crippen LogP contribution in [0.15, 0.2) is 6.33 Å². The van der Waals surface area contributed by atoms with Crippen molar-refractivity contribution >= 4 is 0 Å². The maximum atomic E-state index is 11.3. The third-order valence-electron chi connectivity index (χ3n) is 4.87. The molecule has 0 spiro atoms. The Bertz CT molecular complexity index is 455. The van der Waals surface area contributed by atoms with Crippen molar-refractivity contribution in [1.29, 1.82) is 0 Å². The Kier molecular flexibility index (Phi) is 5.07. The van der Waals surface area contributed by atoms with Crippen molar-refractivity contribution in [1.82, 2.24) is 14.8 Å². The maximum Gasteiger partial charge on any atom is 0.138 e. The highest BCUT2D eigenvalue weighted by Crippen LogP contribution is 2.42. The lowest BCUT2D eigenvalue weighted by Gasteiger charge is -2.44. The SMILES string of the molecule is CC(C)Cn1ncnc1CC1(O)CC(C)CCC1C(C)C. The van der Waals surface area contributed by atoms with E-state index in [9.17, 15) is 5.11 Å². The van der Waals surface area contributed by atoms with Crippen LogP contribution in [-0.2, 0) is 13.0 Å². The molecule has 120 valence electrons. The van der Waals surface area contributed by atoms with E-state index in [1.807, 2.05) is 4.68 Å². The van der Waals surface area contributed by atoms with E-state index in [4.69, 9.17) is 0 Å². The fourth-order valence-corrected chi connectivity index (χ4v) is 3.94. The molecule has 0 saturated heterocycles. The normalized spacial score (nSPS) is 30.3. The number of aromatic nitrogens is 3. The van der Waals surface area contributed by atoms with E-state index in [-0.39, 0.29) is 0 Å². The van der Waals surface area contributed by atoms with Gasteiger partial charge in [0.15, 0.2) is 0 Å². The molecule has 4 nitrogen and oxygen atoms in total. The zero-order chi connectivity index (χ0) is 15.6. The second-order valence-electron chi connectivity index (χ2n) is 7.77. The molecule has 1 fully saturated rings. The van der Waals surface area contributed by atoms with Crippen molar-refractivity contribution in [2.24, 2.45) is 23.7 Å². The summed E-state index contributed by atoms with van der Waals surface area (Å²) in [6, 6.07) is 0. The molecular weight excluding hydrogens is 262 g/mol. The summed E-state index contributed by atoms with van der Waals surface area (Å²) in [5.74, 6) is 2.92. The average Bonchev–Trinajstić information content (AvgIpc) is 2.74. The fraction of sp³-hybridized carbons (Fsp3) is 0.882.